The van der Waals surface area contributed by atoms with Gasteiger partial charge in [0.2, 0.25) is 11.8 Å². The number of hydrogen-bond acceptors (Lipinski definition) is 6. The molecule has 0 bridgehead atoms. The number of likely N-dealkylation sites (tertiary alicyclic amines) is 1. The second-order valence-corrected chi connectivity index (χ2v) is 6.09. The van der Waals surface area contributed by atoms with Crippen molar-refractivity contribution in [1.82, 2.24) is 20.0 Å². The summed E-state index contributed by atoms with van der Waals surface area (Å²) in [4.78, 5) is 22.6. The molecule has 0 aliphatic carbocycles. The maximum absolute atomic E-state index is 12.1. The molecule has 1 aliphatic heterocycles. The first-order valence-corrected chi connectivity index (χ1v) is 7.92. The largest absolute Gasteiger partial charge is 0.340 e. The van der Waals surface area contributed by atoms with E-state index < -0.39 is 0 Å². The van der Waals surface area contributed by atoms with Crippen LogP contribution < -0.4 is 5.32 Å². The third-order valence-corrected chi connectivity index (χ3v) is 4.00. The summed E-state index contributed by atoms with van der Waals surface area (Å²) in [5, 5.41) is 7.31. The molecule has 1 amide bonds. The van der Waals surface area contributed by atoms with Crippen LogP contribution in [0.2, 0.25) is 5.02 Å². The number of nitrogens with zero attached hydrogens (tertiary/aromatic N) is 4. The minimum Gasteiger partial charge on any atom is -0.340 e. The summed E-state index contributed by atoms with van der Waals surface area (Å²) in [6.07, 6.45) is 3.52. The Balaban J connectivity index is 1.54. The summed E-state index contributed by atoms with van der Waals surface area (Å²) in [5.74, 6) is 1.92. The fourth-order valence-corrected chi connectivity index (χ4v) is 2.84. The van der Waals surface area contributed by atoms with E-state index >= 15 is 0 Å². The molecular formula is C15H18ClN5O2. The van der Waals surface area contributed by atoms with E-state index in [1.807, 2.05) is 0 Å². The first-order chi connectivity index (χ1) is 11.1. The Morgan fingerprint density at radius 3 is 3.09 bits per heavy atom. The standard InChI is InChI=1S/C15H18ClN5O2/c1-10-18-15(20-23-10)11-3-2-6-21(8-11)9-14(22)19-13-5-4-12(16)7-17-13/h4-5,7,11H,2-3,6,8-9H2,1H3,(H,17,19,22)/t11-/m1/s1. The maximum atomic E-state index is 12.1. The maximum Gasteiger partial charge on any atom is 0.239 e. The summed E-state index contributed by atoms with van der Waals surface area (Å²) in [6, 6.07) is 3.38. The van der Waals surface area contributed by atoms with Crippen LogP contribution in [0.4, 0.5) is 5.82 Å². The lowest BCUT2D eigenvalue weighted by Gasteiger charge is -2.30. The lowest BCUT2D eigenvalue weighted by atomic mass is 9.97. The van der Waals surface area contributed by atoms with Gasteiger partial charge in [0.15, 0.2) is 5.82 Å². The number of rotatable bonds is 4. The molecule has 122 valence electrons. The van der Waals surface area contributed by atoms with Crippen molar-refractivity contribution < 1.29 is 9.32 Å². The molecule has 0 unspecified atom stereocenters. The molecule has 0 saturated carbocycles. The average molecular weight is 336 g/mol. The fourth-order valence-electron chi connectivity index (χ4n) is 2.73. The topological polar surface area (TPSA) is 84.2 Å². The number of halogens is 1. The number of aryl methyl sites for hydroxylation is 1. The van der Waals surface area contributed by atoms with Gasteiger partial charge in [-0.2, -0.15) is 4.98 Å². The smallest absolute Gasteiger partial charge is 0.239 e. The average Bonchev–Trinajstić information content (AvgIpc) is 2.96. The Morgan fingerprint density at radius 2 is 2.39 bits per heavy atom. The molecule has 1 saturated heterocycles. The summed E-state index contributed by atoms with van der Waals surface area (Å²) in [7, 11) is 0. The van der Waals surface area contributed by atoms with Crippen molar-refractivity contribution in [2.45, 2.75) is 25.7 Å². The van der Waals surface area contributed by atoms with Crippen molar-refractivity contribution in [1.29, 1.82) is 0 Å². The zero-order chi connectivity index (χ0) is 16.2. The van der Waals surface area contributed by atoms with E-state index in [1.54, 1.807) is 19.1 Å². The van der Waals surface area contributed by atoms with E-state index in [9.17, 15) is 4.79 Å². The second kappa shape index (κ2) is 7.06. The summed E-state index contributed by atoms with van der Waals surface area (Å²) in [6.45, 7) is 3.73. The van der Waals surface area contributed by atoms with Gasteiger partial charge in [0.05, 0.1) is 11.6 Å². The molecule has 0 aromatic carbocycles. The number of carbonyl (C=O) groups excluding carboxylic acids is 1. The highest BCUT2D eigenvalue weighted by Crippen LogP contribution is 2.24. The predicted octanol–water partition coefficient (Wildman–Crippen LogP) is 2.24. The Labute approximate surface area is 139 Å². The van der Waals surface area contributed by atoms with Crippen LogP contribution in [0.3, 0.4) is 0 Å². The van der Waals surface area contributed by atoms with Crippen LogP contribution in [0.15, 0.2) is 22.9 Å². The quantitative estimate of drug-likeness (QED) is 0.922. The molecule has 3 heterocycles. The van der Waals surface area contributed by atoms with Crippen LogP contribution in [0.1, 0.15) is 30.5 Å². The van der Waals surface area contributed by atoms with Gasteiger partial charge in [-0.05, 0) is 31.5 Å². The lowest BCUT2D eigenvalue weighted by molar-refractivity contribution is -0.117. The molecule has 1 N–H and O–H groups in total. The highest BCUT2D eigenvalue weighted by atomic mass is 35.5. The van der Waals surface area contributed by atoms with Crippen LogP contribution in [0.25, 0.3) is 0 Å². The van der Waals surface area contributed by atoms with Gasteiger partial charge in [-0.1, -0.05) is 16.8 Å². The monoisotopic (exact) mass is 335 g/mol. The van der Waals surface area contributed by atoms with Gasteiger partial charge in [0.1, 0.15) is 5.82 Å². The van der Waals surface area contributed by atoms with E-state index in [1.165, 1.54) is 6.20 Å². The van der Waals surface area contributed by atoms with Crippen molar-refractivity contribution >= 4 is 23.3 Å². The van der Waals surface area contributed by atoms with E-state index in [2.05, 4.69) is 25.3 Å². The van der Waals surface area contributed by atoms with Gasteiger partial charge in [-0.25, -0.2) is 4.98 Å². The third-order valence-electron chi connectivity index (χ3n) is 3.78. The van der Waals surface area contributed by atoms with Crippen molar-refractivity contribution in [2.24, 2.45) is 0 Å². The van der Waals surface area contributed by atoms with Crippen molar-refractivity contribution in [3.05, 3.63) is 35.1 Å². The molecule has 1 atom stereocenters. The Morgan fingerprint density at radius 1 is 1.52 bits per heavy atom. The van der Waals surface area contributed by atoms with Crippen LogP contribution >= 0.6 is 11.6 Å². The minimum atomic E-state index is -0.0928. The van der Waals surface area contributed by atoms with E-state index in [0.717, 1.165) is 31.8 Å². The van der Waals surface area contributed by atoms with E-state index in [4.69, 9.17) is 16.1 Å². The third kappa shape index (κ3) is 4.27. The molecule has 1 fully saturated rings. The molecule has 1 aliphatic rings. The Hall–Kier alpha value is -1.99. The van der Waals surface area contributed by atoms with Crippen LogP contribution in [-0.4, -0.2) is 45.6 Å². The molecular weight excluding hydrogens is 318 g/mol. The zero-order valence-electron chi connectivity index (χ0n) is 12.8. The number of nitrogens with one attached hydrogen (secondary N) is 1. The van der Waals surface area contributed by atoms with E-state index in [0.29, 0.717) is 23.3 Å². The number of pyridine rings is 1. The highest BCUT2D eigenvalue weighted by Gasteiger charge is 2.26. The molecule has 8 heteroatoms. The molecule has 23 heavy (non-hydrogen) atoms. The Bertz CT molecular complexity index is 673. The molecule has 0 spiro atoms. The van der Waals surface area contributed by atoms with Crippen LogP contribution in [0, 0.1) is 6.92 Å². The second-order valence-electron chi connectivity index (χ2n) is 5.66. The number of anilines is 1. The van der Waals surface area contributed by atoms with Crippen LogP contribution in [-0.2, 0) is 4.79 Å². The zero-order valence-corrected chi connectivity index (χ0v) is 13.6. The summed E-state index contributed by atoms with van der Waals surface area (Å²) in [5.41, 5.74) is 0. The number of piperidine rings is 1. The summed E-state index contributed by atoms with van der Waals surface area (Å²) >= 11 is 5.78. The predicted molar refractivity (Wildman–Crippen MR) is 85.3 cm³/mol. The SMILES string of the molecule is Cc1nc([C@@H]2CCCN(CC(=O)Nc3ccc(Cl)cn3)C2)no1. The van der Waals surface area contributed by atoms with Crippen LogP contribution in [0.5, 0.6) is 0 Å². The van der Waals surface area contributed by atoms with Crippen molar-refractivity contribution in [3.63, 3.8) is 0 Å². The van der Waals surface area contributed by atoms with Gasteiger partial charge in [0, 0.05) is 25.6 Å². The normalized spacial score (nSPS) is 18.8. The number of aromatic nitrogens is 3. The molecule has 3 rings (SSSR count). The molecule has 2 aromatic heterocycles. The van der Waals surface area contributed by atoms with Gasteiger partial charge in [-0.3, -0.25) is 9.69 Å². The number of hydrogen-bond donors (Lipinski definition) is 1. The van der Waals surface area contributed by atoms with Gasteiger partial charge < -0.3 is 9.84 Å². The molecule has 7 nitrogen and oxygen atoms in total. The van der Waals surface area contributed by atoms with E-state index in [-0.39, 0.29) is 11.8 Å². The van der Waals surface area contributed by atoms with Gasteiger partial charge in [0.25, 0.3) is 0 Å². The molecule has 2 aromatic rings. The summed E-state index contributed by atoms with van der Waals surface area (Å²) < 4.78 is 5.04. The van der Waals surface area contributed by atoms with Crippen molar-refractivity contribution in [3.8, 4) is 0 Å². The van der Waals surface area contributed by atoms with Crippen molar-refractivity contribution in [2.75, 3.05) is 25.0 Å². The highest BCUT2D eigenvalue weighted by molar-refractivity contribution is 6.30. The van der Waals surface area contributed by atoms with Gasteiger partial charge >= 0.3 is 0 Å². The minimum absolute atomic E-state index is 0.0928. The Kier molecular flexibility index (Phi) is 4.88. The fraction of sp³-hybridized carbons (Fsp3) is 0.467. The first-order valence-electron chi connectivity index (χ1n) is 7.54. The molecule has 0 radical (unpaired) electrons. The number of amides is 1. The van der Waals surface area contributed by atoms with Gasteiger partial charge in [-0.15, -0.1) is 0 Å². The first kappa shape index (κ1) is 15.9. The number of carbonyl (C=O) groups is 1. The lowest BCUT2D eigenvalue weighted by Crippen LogP contribution is -2.40.